The number of rotatable bonds is 0. The lowest BCUT2D eigenvalue weighted by molar-refractivity contribution is 0.661. The Labute approximate surface area is 81.0 Å². The highest BCUT2D eigenvalue weighted by molar-refractivity contribution is 5.43. The molecule has 0 saturated carbocycles. The molecule has 70 valence electrons. The molecule has 1 aliphatic carbocycles. The zero-order chi connectivity index (χ0) is 9.59. The number of hydrogen-bond donors (Lipinski definition) is 0. The van der Waals surface area contributed by atoms with Crippen LogP contribution in [0, 0.1) is 13.8 Å². The van der Waals surface area contributed by atoms with Crippen LogP contribution in [0.1, 0.15) is 54.4 Å². The highest BCUT2D eigenvalue weighted by Gasteiger charge is 2.25. The third kappa shape index (κ3) is 1.29. The predicted octanol–water partition coefficient (Wildman–Crippen LogP) is 3.91. The first-order chi connectivity index (χ1) is 6.09. The summed E-state index contributed by atoms with van der Waals surface area (Å²) in [7, 11) is 0. The van der Waals surface area contributed by atoms with Gasteiger partial charge in [0.2, 0.25) is 0 Å². The second kappa shape index (κ2) is 2.87. The minimum atomic E-state index is 0.768. The SMILES string of the molecule is Cc1cc2c(cc1C)C(C)CC2C. The van der Waals surface area contributed by atoms with Gasteiger partial charge in [-0.1, -0.05) is 26.0 Å². The summed E-state index contributed by atoms with van der Waals surface area (Å²) in [4.78, 5) is 0. The molecule has 0 heterocycles. The largest absolute Gasteiger partial charge is 0.0584 e. The Bertz CT molecular complexity index is 303. The van der Waals surface area contributed by atoms with Gasteiger partial charge in [0.25, 0.3) is 0 Å². The summed E-state index contributed by atoms with van der Waals surface area (Å²) in [6.07, 6.45) is 1.33. The zero-order valence-electron chi connectivity index (χ0n) is 9.02. The van der Waals surface area contributed by atoms with Gasteiger partial charge >= 0.3 is 0 Å². The maximum Gasteiger partial charge on any atom is -0.0182 e. The van der Waals surface area contributed by atoms with Crippen LogP contribution in [0.3, 0.4) is 0 Å². The molecule has 0 bridgehead atoms. The van der Waals surface area contributed by atoms with E-state index in [1.54, 1.807) is 11.1 Å². The Hall–Kier alpha value is -0.780. The van der Waals surface area contributed by atoms with E-state index in [9.17, 15) is 0 Å². The molecule has 13 heavy (non-hydrogen) atoms. The van der Waals surface area contributed by atoms with Crippen LogP contribution >= 0.6 is 0 Å². The summed E-state index contributed by atoms with van der Waals surface area (Å²) in [6.45, 7) is 9.12. The van der Waals surface area contributed by atoms with Crippen molar-refractivity contribution >= 4 is 0 Å². The van der Waals surface area contributed by atoms with Crippen molar-refractivity contribution in [2.75, 3.05) is 0 Å². The fourth-order valence-electron chi connectivity index (χ4n) is 2.50. The highest BCUT2D eigenvalue weighted by Crippen LogP contribution is 2.41. The fraction of sp³-hybridized carbons (Fsp3) is 0.538. The fourth-order valence-corrected chi connectivity index (χ4v) is 2.50. The van der Waals surface area contributed by atoms with E-state index in [-0.39, 0.29) is 0 Å². The lowest BCUT2D eigenvalue weighted by Gasteiger charge is -2.09. The van der Waals surface area contributed by atoms with Crippen molar-refractivity contribution in [3.8, 4) is 0 Å². The summed E-state index contributed by atoms with van der Waals surface area (Å²) in [6, 6.07) is 4.78. The molecule has 2 rings (SSSR count). The van der Waals surface area contributed by atoms with Gasteiger partial charge in [-0.2, -0.15) is 0 Å². The molecule has 0 fully saturated rings. The Kier molecular flexibility index (Phi) is 1.94. The maximum absolute atomic E-state index is 2.39. The third-order valence-corrected chi connectivity index (χ3v) is 3.47. The molecular weight excluding hydrogens is 156 g/mol. The standard InChI is InChI=1S/C13H18/c1-8-6-12-10(3)5-11(4)13(12)7-9(8)2/h6-7,10-11H,5H2,1-4H3. The van der Waals surface area contributed by atoms with E-state index in [1.807, 2.05) is 0 Å². The summed E-state index contributed by atoms with van der Waals surface area (Å²) in [5.41, 5.74) is 6.07. The average Bonchev–Trinajstić information content (AvgIpc) is 2.31. The summed E-state index contributed by atoms with van der Waals surface area (Å²) in [5.74, 6) is 1.54. The number of benzene rings is 1. The first kappa shape index (κ1) is 8.80. The molecule has 0 heteroatoms. The molecule has 0 N–H and O–H groups in total. The number of aryl methyl sites for hydroxylation is 2. The minimum Gasteiger partial charge on any atom is -0.0584 e. The van der Waals surface area contributed by atoms with E-state index in [0.29, 0.717) is 0 Å². The van der Waals surface area contributed by atoms with Gasteiger partial charge in [0.1, 0.15) is 0 Å². The van der Waals surface area contributed by atoms with Crippen LogP contribution in [-0.2, 0) is 0 Å². The molecule has 0 saturated heterocycles. The lowest BCUT2D eigenvalue weighted by atomic mass is 9.97. The van der Waals surface area contributed by atoms with Gasteiger partial charge in [-0.15, -0.1) is 0 Å². The van der Waals surface area contributed by atoms with Gasteiger partial charge in [-0.05, 0) is 54.4 Å². The van der Waals surface area contributed by atoms with Gasteiger partial charge in [-0.25, -0.2) is 0 Å². The van der Waals surface area contributed by atoms with E-state index >= 15 is 0 Å². The van der Waals surface area contributed by atoms with Crippen molar-refractivity contribution in [1.29, 1.82) is 0 Å². The highest BCUT2D eigenvalue weighted by atomic mass is 14.3. The predicted molar refractivity (Wildman–Crippen MR) is 57.4 cm³/mol. The maximum atomic E-state index is 2.39. The zero-order valence-corrected chi connectivity index (χ0v) is 9.02. The van der Waals surface area contributed by atoms with Gasteiger partial charge < -0.3 is 0 Å². The van der Waals surface area contributed by atoms with Crippen LogP contribution < -0.4 is 0 Å². The van der Waals surface area contributed by atoms with Crippen molar-refractivity contribution in [3.63, 3.8) is 0 Å². The molecular formula is C13H18. The Balaban J connectivity index is 2.58. The minimum absolute atomic E-state index is 0.768. The van der Waals surface area contributed by atoms with Crippen molar-refractivity contribution in [2.24, 2.45) is 0 Å². The van der Waals surface area contributed by atoms with Crippen LogP contribution in [0.4, 0.5) is 0 Å². The van der Waals surface area contributed by atoms with Crippen molar-refractivity contribution in [3.05, 3.63) is 34.4 Å². The monoisotopic (exact) mass is 174 g/mol. The van der Waals surface area contributed by atoms with Gasteiger partial charge in [0, 0.05) is 0 Å². The van der Waals surface area contributed by atoms with Crippen molar-refractivity contribution < 1.29 is 0 Å². The Morgan fingerprint density at radius 3 is 1.69 bits per heavy atom. The second-order valence-corrected chi connectivity index (χ2v) is 4.60. The topological polar surface area (TPSA) is 0 Å². The smallest absolute Gasteiger partial charge is 0.0182 e. The van der Waals surface area contributed by atoms with Crippen LogP contribution in [0.5, 0.6) is 0 Å². The quantitative estimate of drug-likeness (QED) is 0.559. The molecule has 0 aromatic heterocycles. The number of hydrogen-bond acceptors (Lipinski definition) is 0. The first-order valence-electron chi connectivity index (χ1n) is 5.20. The number of fused-ring (bicyclic) bond motifs is 1. The summed E-state index contributed by atoms with van der Waals surface area (Å²) < 4.78 is 0. The van der Waals surface area contributed by atoms with Gasteiger partial charge in [-0.3, -0.25) is 0 Å². The molecule has 0 nitrogen and oxygen atoms in total. The Morgan fingerprint density at radius 1 is 0.923 bits per heavy atom. The van der Waals surface area contributed by atoms with E-state index in [2.05, 4.69) is 39.8 Å². The van der Waals surface area contributed by atoms with E-state index < -0.39 is 0 Å². The first-order valence-corrected chi connectivity index (χ1v) is 5.20. The van der Waals surface area contributed by atoms with E-state index in [1.165, 1.54) is 17.5 Å². The summed E-state index contributed by atoms with van der Waals surface area (Å²) in [5, 5.41) is 0. The molecule has 1 aliphatic rings. The molecule has 2 unspecified atom stereocenters. The normalized spacial score (nSPS) is 26.2. The van der Waals surface area contributed by atoms with Crippen molar-refractivity contribution in [1.82, 2.24) is 0 Å². The van der Waals surface area contributed by atoms with Crippen LogP contribution in [-0.4, -0.2) is 0 Å². The van der Waals surface area contributed by atoms with Gasteiger partial charge in [0.05, 0.1) is 0 Å². The van der Waals surface area contributed by atoms with Crippen LogP contribution in [0.25, 0.3) is 0 Å². The molecule has 0 amide bonds. The Morgan fingerprint density at radius 2 is 1.31 bits per heavy atom. The molecule has 0 aliphatic heterocycles. The summed E-state index contributed by atoms with van der Waals surface area (Å²) >= 11 is 0. The third-order valence-electron chi connectivity index (χ3n) is 3.47. The molecule has 0 radical (unpaired) electrons. The van der Waals surface area contributed by atoms with Gasteiger partial charge in [0.15, 0.2) is 0 Å². The van der Waals surface area contributed by atoms with Crippen molar-refractivity contribution in [2.45, 2.75) is 46.0 Å². The second-order valence-electron chi connectivity index (χ2n) is 4.60. The molecule has 0 spiro atoms. The molecule has 2 atom stereocenters. The lowest BCUT2D eigenvalue weighted by Crippen LogP contribution is -1.91. The molecule has 1 aromatic rings. The van der Waals surface area contributed by atoms with E-state index in [0.717, 1.165) is 11.8 Å². The average molecular weight is 174 g/mol. The van der Waals surface area contributed by atoms with Crippen LogP contribution in [0.2, 0.25) is 0 Å². The van der Waals surface area contributed by atoms with E-state index in [4.69, 9.17) is 0 Å². The molecule has 1 aromatic carbocycles. The van der Waals surface area contributed by atoms with Crippen LogP contribution in [0.15, 0.2) is 12.1 Å².